The van der Waals surface area contributed by atoms with E-state index >= 15 is 0 Å². The van der Waals surface area contributed by atoms with E-state index in [2.05, 4.69) is 21.2 Å². The van der Waals surface area contributed by atoms with Gasteiger partial charge in [0.25, 0.3) is 0 Å². The summed E-state index contributed by atoms with van der Waals surface area (Å²) in [6.45, 7) is 5.36. The van der Waals surface area contributed by atoms with Crippen LogP contribution in [0.25, 0.3) is 0 Å². The van der Waals surface area contributed by atoms with Gasteiger partial charge in [0.05, 0.1) is 0 Å². The lowest BCUT2D eigenvalue weighted by molar-refractivity contribution is 0.217. The van der Waals surface area contributed by atoms with Crippen molar-refractivity contribution in [3.63, 3.8) is 0 Å². The average Bonchev–Trinajstić information content (AvgIpc) is 2.19. The van der Waals surface area contributed by atoms with Gasteiger partial charge in [-0.05, 0) is 32.0 Å². The molecule has 0 fully saturated rings. The van der Waals surface area contributed by atoms with Gasteiger partial charge in [-0.15, -0.1) is 0 Å². The topological polar surface area (TPSA) is 32.3 Å². The number of rotatable bonds is 3. The van der Waals surface area contributed by atoms with Crippen molar-refractivity contribution in [1.82, 2.24) is 4.90 Å². The number of nitrogens with one attached hydrogen (secondary N) is 1. The van der Waals surface area contributed by atoms with Crippen LogP contribution in [0.2, 0.25) is 0 Å². The summed E-state index contributed by atoms with van der Waals surface area (Å²) in [5, 5.41) is 2.84. The van der Waals surface area contributed by atoms with E-state index in [0.29, 0.717) is 0 Å². The van der Waals surface area contributed by atoms with Crippen LogP contribution in [0, 0.1) is 0 Å². The number of carbonyl (C=O) groups is 1. The van der Waals surface area contributed by atoms with Crippen LogP contribution < -0.4 is 5.32 Å². The molecule has 15 heavy (non-hydrogen) atoms. The van der Waals surface area contributed by atoms with Gasteiger partial charge in [0.2, 0.25) is 0 Å². The number of halogens is 1. The Morgan fingerprint density at radius 2 is 2.07 bits per heavy atom. The molecule has 0 aliphatic rings. The first-order valence-corrected chi connectivity index (χ1v) is 5.78. The van der Waals surface area contributed by atoms with E-state index in [1.54, 1.807) is 4.90 Å². The number of benzene rings is 1. The van der Waals surface area contributed by atoms with Gasteiger partial charge in [0.1, 0.15) is 0 Å². The Bertz CT molecular complexity index is 337. The lowest BCUT2D eigenvalue weighted by Crippen LogP contribution is -2.34. The summed E-state index contributed by atoms with van der Waals surface area (Å²) < 4.78 is 0.958. The average molecular weight is 271 g/mol. The van der Waals surface area contributed by atoms with Crippen LogP contribution in [0.4, 0.5) is 10.5 Å². The second kappa shape index (κ2) is 5.75. The molecule has 0 bridgehead atoms. The molecule has 1 rings (SSSR count). The molecule has 0 atom stereocenters. The maximum absolute atomic E-state index is 11.7. The lowest BCUT2D eigenvalue weighted by Gasteiger charge is -2.19. The Morgan fingerprint density at radius 3 is 2.60 bits per heavy atom. The zero-order valence-electron chi connectivity index (χ0n) is 8.96. The van der Waals surface area contributed by atoms with Gasteiger partial charge >= 0.3 is 6.03 Å². The van der Waals surface area contributed by atoms with Crippen molar-refractivity contribution in [1.29, 1.82) is 0 Å². The highest BCUT2D eigenvalue weighted by Crippen LogP contribution is 2.15. The second-order valence-electron chi connectivity index (χ2n) is 3.11. The van der Waals surface area contributed by atoms with Gasteiger partial charge in [-0.2, -0.15) is 0 Å². The third-order valence-electron chi connectivity index (χ3n) is 2.13. The van der Waals surface area contributed by atoms with Gasteiger partial charge in [0.15, 0.2) is 0 Å². The van der Waals surface area contributed by atoms with Gasteiger partial charge in [-0.3, -0.25) is 0 Å². The number of hydrogen-bond donors (Lipinski definition) is 1. The Balaban J connectivity index is 2.65. The molecule has 4 heteroatoms. The summed E-state index contributed by atoms with van der Waals surface area (Å²) in [5.74, 6) is 0. The molecule has 0 saturated carbocycles. The van der Waals surface area contributed by atoms with E-state index in [4.69, 9.17) is 0 Å². The van der Waals surface area contributed by atoms with Crippen LogP contribution in [0.1, 0.15) is 13.8 Å². The van der Waals surface area contributed by atoms with Crippen LogP contribution >= 0.6 is 15.9 Å². The minimum atomic E-state index is -0.0573. The molecule has 1 aromatic rings. The molecule has 2 amide bonds. The van der Waals surface area contributed by atoms with Crippen molar-refractivity contribution in [2.24, 2.45) is 0 Å². The van der Waals surface area contributed by atoms with E-state index in [1.165, 1.54) is 0 Å². The van der Waals surface area contributed by atoms with Gasteiger partial charge in [-0.1, -0.05) is 22.0 Å². The Morgan fingerprint density at radius 1 is 1.40 bits per heavy atom. The number of amides is 2. The summed E-state index contributed by atoms with van der Waals surface area (Å²) in [6, 6.07) is 7.50. The Labute approximate surface area is 98.6 Å². The number of urea groups is 1. The fourth-order valence-electron chi connectivity index (χ4n) is 1.28. The maximum atomic E-state index is 11.7. The predicted molar refractivity (Wildman–Crippen MR) is 66.1 cm³/mol. The molecule has 0 radical (unpaired) electrons. The van der Waals surface area contributed by atoms with Gasteiger partial charge in [-0.25, -0.2) is 4.79 Å². The molecule has 3 nitrogen and oxygen atoms in total. The highest BCUT2D eigenvalue weighted by molar-refractivity contribution is 9.10. The van der Waals surface area contributed by atoms with Crippen molar-refractivity contribution in [3.05, 3.63) is 28.7 Å². The third kappa shape index (κ3) is 3.55. The van der Waals surface area contributed by atoms with E-state index in [9.17, 15) is 4.79 Å². The maximum Gasteiger partial charge on any atom is 0.321 e. The predicted octanol–water partition coefficient (Wildman–Crippen LogP) is 3.32. The second-order valence-corrected chi connectivity index (χ2v) is 4.03. The first-order chi connectivity index (χ1) is 7.17. The van der Waals surface area contributed by atoms with Crippen LogP contribution in [-0.4, -0.2) is 24.0 Å². The molecule has 1 aromatic carbocycles. The quantitative estimate of drug-likeness (QED) is 0.898. The fraction of sp³-hybridized carbons (Fsp3) is 0.364. The Kier molecular flexibility index (Phi) is 4.62. The van der Waals surface area contributed by atoms with Crippen molar-refractivity contribution in [3.8, 4) is 0 Å². The molecule has 0 unspecified atom stereocenters. The zero-order chi connectivity index (χ0) is 11.3. The summed E-state index contributed by atoms with van der Waals surface area (Å²) >= 11 is 3.36. The van der Waals surface area contributed by atoms with Crippen molar-refractivity contribution in [2.75, 3.05) is 18.4 Å². The summed E-state index contributed by atoms with van der Waals surface area (Å²) in [4.78, 5) is 13.4. The van der Waals surface area contributed by atoms with Gasteiger partial charge < -0.3 is 10.2 Å². The van der Waals surface area contributed by atoms with E-state index in [-0.39, 0.29) is 6.03 Å². The first-order valence-electron chi connectivity index (χ1n) is 4.98. The lowest BCUT2D eigenvalue weighted by atomic mass is 10.3. The largest absolute Gasteiger partial charge is 0.325 e. The third-order valence-corrected chi connectivity index (χ3v) is 2.62. The summed E-state index contributed by atoms with van der Waals surface area (Å²) in [6.07, 6.45) is 0. The van der Waals surface area contributed by atoms with E-state index < -0.39 is 0 Å². The molecule has 0 heterocycles. The number of nitrogens with zero attached hydrogens (tertiary/aromatic N) is 1. The summed E-state index contributed by atoms with van der Waals surface area (Å²) in [5.41, 5.74) is 0.807. The van der Waals surface area contributed by atoms with Crippen molar-refractivity contribution < 1.29 is 4.79 Å². The monoisotopic (exact) mass is 270 g/mol. The molecule has 0 saturated heterocycles. The summed E-state index contributed by atoms with van der Waals surface area (Å²) in [7, 11) is 0. The minimum Gasteiger partial charge on any atom is -0.325 e. The highest BCUT2D eigenvalue weighted by Gasteiger charge is 2.08. The highest BCUT2D eigenvalue weighted by atomic mass is 79.9. The SMILES string of the molecule is CCN(CC)C(=O)Nc1cccc(Br)c1. The molecule has 0 spiro atoms. The van der Waals surface area contributed by atoms with Crippen LogP contribution in [0.3, 0.4) is 0 Å². The molecule has 0 aliphatic heterocycles. The zero-order valence-corrected chi connectivity index (χ0v) is 10.5. The minimum absolute atomic E-state index is 0.0573. The van der Waals surface area contributed by atoms with Gasteiger partial charge in [0, 0.05) is 23.2 Å². The normalized spacial score (nSPS) is 9.80. The molecule has 0 aromatic heterocycles. The van der Waals surface area contributed by atoms with E-state index in [1.807, 2.05) is 38.1 Å². The fourth-order valence-corrected chi connectivity index (χ4v) is 1.68. The van der Waals surface area contributed by atoms with Crippen molar-refractivity contribution in [2.45, 2.75) is 13.8 Å². The van der Waals surface area contributed by atoms with Crippen molar-refractivity contribution >= 4 is 27.6 Å². The standard InChI is InChI=1S/C11H15BrN2O/c1-3-14(4-2)11(15)13-10-7-5-6-9(12)8-10/h5-8H,3-4H2,1-2H3,(H,13,15). The van der Waals surface area contributed by atoms with E-state index in [0.717, 1.165) is 23.2 Å². The van der Waals surface area contributed by atoms with Crippen LogP contribution in [0.15, 0.2) is 28.7 Å². The number of hydrogen-bond acceptors (Lipinski definition) is 1. The molecular formula is C11H15BrN2O. The molecule has 0 aliphatic carbocycles. The van der Waals surface area contributed by atoms with Crippen LogP contribution in [0.5, 0.6) is 0 Å². The smallest absolute Gasteiger partial charge is 0.321 e. The molecular weight excluding hydrogens is 256 g/mol. The number of anilines is 1. The molecule has 82 valence electrons. The molecule has 1 N–H and O–H groups in total. The Hall–Kier alpha value is -1.03. The number of carbonyl (C=O) groups excluding carboxylic acids is 1. The first kappa shape index (κ1) is 12.0. The van der Waals surface area contributed by atoms with Crippen LogP contribution in [-0.2, 0) is 0 Å².